The van der Waals surface area contributed by atoms with Crippen molar-refractivity contribution >= 4 is 29.2 Å². The molecule has 1 aromatic heterocycles. The van der Waals surface area contributed by atoms with Crippen molar-refractivity contribution in [3.05, 3.63) is 53.7 Å². The standard InChI is InChI=1S/C17H13F3N4O3/c18-17(19,20)9-5-6-13(21-8-9)24-14(25)7-12-16(27)22-11-4-2-1-3-10(11)15(26)23-12/h1-6,8,12H,7H2,(H,22,27)(H,23,26)(H,21,24,25)/t12-/m1/s1. The maximum absolute atomic E-state index is 12.5. The Balaban J connectivity index is 1.66. The molecule has 3 N–H and O–H groups in total. The van der Waals surface area contributed by atoms with E-state index in [0.29, 0.717) is 11.9 Å². The highest BCUT2D eigenvalue weighted by molar-refractivity contribution is 6.11. The Morgan fingerprint density at radius 2 is 1.89 bits per heavy atom. The molecule has 140 valence electrons. The average Bonchev–Trinajstić information content (AvgIpc) is 2.71. The number of nitrogens with one attached hydrogen (secondary N) is 3. The van der Waals surface area contributed by atoms with Gasteiger partial charge in [0.2, 0.25) is 11.8 Å². The smallest absolute Gasteiger partial charge is 0.340 e. The number of pyridine rings is 1. The second-order valence-corrected chi connectivity index (χ2v) is 5.74. The van der Waals surface area contributed by atoms with Crippen molar-refractivity contribution in [1.82, 2.24) is 10.3 Å². The number of amides is 3. The fourth-order valence-corrected chi connectivity index (χ4v) is 2.47. The van der Waals surface area contributed by atoms with Crippen LogP contribution in [0.3, 0.4) is 0 Å². The lowest BCUT2D eigenvalue weighted by molar-refractivity contribution is -0.137. The SMILES string of the molecule is O=C(C[C@H]1NC(=O)c2ccccc2NC1=O)Nc1ccc(C(F)(F)F)cn1. The largest absolute Gasteiger partial charge is 0.417 e. The Morgan fingerprint density at radius 3 is 2.56 bits per heavy atom. The van der Waals surface area contributed by atoms with E-state index in [1.165, 1.54) is 6.07 Å². The fraction of sp³-hybridized carbons (Fsp3) is 0.176. The van der Waals surface area contributed by atoms with Gasteiger partial charge in [0.25, 0.3) is 5.91 Å². The fourth-order valence-electron chi connectivity index (χ4n) is 2.47. The molecular weight excluding hydrogens is 365 g/mol. The molecule has 0 fully saturated rings. The van der Waals surface area contributed by atoms with Crippen LogP contribution in [0.15, 0.2) is 42.6 Å². The number of aromatic nitrogens is 1. The molecule has 1 aromatic carbocycles. The number of halogens is 3. The minimum absolute atomic E-state index is 0.100. The van der Waals surface area contributed by atoms with E-state index in [-0.39, 0.29) is 11.4 Å². The van der Waals surface area contributed by atoms with Gasteiger partial charge in [-0.3, -0.25) is 14.4 Å². The highest BCUT2D eigenvalue weighted by atomic mass is 19.4. The minimum Gasteiger partial charge on any atom is -0.340 e. The number of fused-ring (bicyclic) bond motifs is 1. The molecule has 1 aliphatic heterocycles. The number of alkyl halides is 3. The highest BCUT2D eigenvalue weighted by Crippen LogP contribution is 2.28. The molecule has 3 amide bonds. The molecule has 2 heterocycles. The van der Waals surface area contributed by atoms with Crippen molar-refractivity contribution < 1.29 is 27.6 Å². The first-order valence-electron chi connectivity index (χ1n) is 7.78. The van der Waals surface area contributed by atoms with Crippen molar-refractivity contribution in [2.45, 2.75) is 18.6 Å². The number of benzene rings is 1. The van der Waals surface area contributed by atoms with Gasteiger partial charge in [-0.05, 0) is 24.3 Å². The van der Waals surface area contributed by atoms with E-state index in [1.54, 1.807) is 18.2 Å². The van der Waals surface area contributed by atoms with Crippen LogP contribution in [0.25, 0.3) is 0 Å². The van der Waals surface area contributed by atoms with Crippen LogP contribution >= 0.6 is 0 Å². The molecule has 10 heteroatoms. The van der Waals surface area contributed by atoms with Crippen molar-refractivity contribution in [3.63, 3.8) is 0 Å². The first-order chi connectivity index (χ1) is 12.7. The van der Waals surface area contributed by atoms with Crippen molar-refractivity contribution in [2.24, 2.45) is 0 Å². The molecular formula is C17H13F3N4O3. The van der Waals surface area contributed by atoms with E-state index < -0.39 is 41.9 Å². The van der Waals surface area contributed by atoms with Crippen LogP contribution in [-0.2, 0) is 15.8 Å². The summed E-state index contributed by atoms with van der Waals surface area (Å²) in [6, 6.07) is 7.01. The van der Waals surface area contributed by atoms with Crippen LogP contribution in [0.4, 0.5) is 24.7 Å². The summed E-state index contributed by atoms with van der Waals surface area (Å²) in [5, 5.41) is 7.30. The molecule has 7 nitrogen and oxygen atoms in total. The number of para-hydroxylation sites is 1. The molecule has 0 saturated heterocycles. The van der Waals surface area contributed by atoms with Crippen LogP contribution < -0.4 is 16.0 Å². The Bertz CT molecular complexity index is 897. The second-order valence-electron chi connectivity index (χ2n) is 5.74. The third-order valence-electron chi connectivity index (χ3n) is 3.80. The van der Waals surface area contributed by atoms with Gasteiger partial charge in [0.1, 0.15) is 11.9 Å². The van der Waals surface area contributed by atoms with Gasteiger partial charge in [0, 0.05) is 6.20 Å². The maximum Gasteiger partial charge on any atom is 0.417 e. The third-order valence-corrected chi connectivity index (χ3v) is 3.80. The molecule has 0 spiro atoms. The quantitative estimate of drug-likeness (QED) is 0.762. The lowest BCUT2D eigenvalue weighted by Gasteiger charge is -2.14. The molecule has 0 saturated carbocycles. The summed E-state index contributed by atoms with van der Waals surface area (Å²) in [6.07, 6.45) is -4.35. The molecule has 0 unspecified atom stereocenters. The molecule has 27 heavy (non-hydrogen) atoms. The highest BCUT2D eigenvalue weighted by Gasteiger charge is 2.31. The van der Waals surface area contributed by atoms with Crippen LogP contribution in [0.1, 0.15) is 22.3 Å². The number of anilines is 2. The molecule has 2 aromatic rings. The first kappa shape index (κ1) is 18.4. The Hall–Kier alpha value is -3.43. The number of carbonyl (C=O) groups excluding carboxylic acids is 3. The number of carbonyl (C=O) groups is 3. The minimum atomic E-state index is -4.53. The van der Waals surface area contributed by atoms with Gasteiger partial charge in [-0.25, -0.2) is 4.98 Å². The van der Waals surface area contributed by atoms with Crippen LogP contribution in [-0.4, -0.2) is 28.7 Å². The summed E-state index contributed by atoms with van der Waals surface area (Å²) in [5.41, 5.74) is -0.362. The first-order valence-corrected chi connectivity index (χ1v) is 7.78. The molecule has 1 aliphatic rings. The Kier molecular flexibility index (Phi) is 4.80. The van der Waals surface area contributed by atoms with Gasteiger partial charge < -0.3 is 16.0 Å². The van der Waals surface area contributed by atoms with Crippen LogP contribution in [0.2, 0.25) is 0 Å². The predicted octanol–water partition coefficient (Wildman–Crippen LogP) is 2.18. The van der Waals surface area contributed by atoms with Gasteiger partial charge in [0.15, 0.2) is 0 Å². The van der Waals surface area contributed by atoms with E-state index in [9.17, 15) is 27.6 Å². The average molecular weight is 378 g/mol. The van der Waals surface area contributed by atoms with Gasteiger partial charge in [-0.1, -0.05) is 12.1 Å². The number of hydrogen-bond donors (Lipinski definition) is 3. The van der Waals surface area contributed by atoms with Gasteiger partial charge in [-0.2, -0.15) is 13.2 Å². The summed E-state index contributed by atoms with van der Waals surface area (Å²) in [5.74, 6) is -1.89. The van der Waals surface area contributed by atoms with E-state index in [0.717, 1.165) is 12.1 Å². The number of hydrogen-bond acceptors (Lipinski definition) is 4. The topological polar surface area (TPSA) is 100 Å². The van der Waals surface area contributed by atoms with Crippen molar-refractivity contribution in [2.75, 3.05) is 10.6 Å². The zero-order valence-corrected chi connectivity index (χ0v) is 13.6. The lowest BCUT2D eigenvalue weighted by Crippen LogP contribution is -2.43. The summed E-state index contributed by atoms with van der Waals surface area (Å²) in [4.78, 5) is 40.0. The molecule has 0 radical (unpaired) electrons. The lowest BCUT2D eigenvalue weighted by atomic mass is 10.1. The van der Waals surface area contributed by atoms with E-state index in [1.807, 2.05) is 0 Å². The van der Waals surface area contributed by atoms with Gasteiger partial charge in [-0.15, -0.1) is 0 Å². The van der Waals surface area contributed by atoms with Crippen LogP contribution in [0, 0.1) is 0 Å². The summed E-state index contributed by atoms with van der Waals surface area (Å²) >= 11 is 0. The molecule has 0 aliphatic carbocycles. The summed E-state index contributed by atoms with van der Waals surface area (Å²) in [7, 11) is 0. The normalized spacial score (nSPS) is 16.6. The summed E-state index contributed by atoms with van der Waals surface area (Å²) < 4.78 is 37.5. The Morgan fingerprint density at radius 1 is 1.15 bits per heavy atom. The van der Waals surface area contributed by atoms with Crippen molar-refractivity contribution in [3.8, 4) is 0 Å². The Labute approximate surface area is 151 Å². The molecule has 0 bridgehead atoms. The van der Waals surface area contributed by atoms with Crippen molar-refractivity contribution in [1.29, 1.82) is 0 Å². The van der Waals surface area contributed by atoms with E-state index in [2.05, 4.69) is 20.9 Å². The van der Waals surface area contributed by atoms with E-state index in [4.69, 9.17) is 0 Å². The van der Waals surface area contributed by atoms with E-state index >= 15 is 0 Å². The zero-order valence-electron chi connectivity index (χ0n) is 13.6. The third kappa shape index (κ3) is 4.22. The van der Waals surface area contributed by atoms with Gasteiger partial charge in [0.05, 0.1) is 23.2 Å². The van der Waals surface area contributed by atoms with Gasteiger partial charge >= 0.3 is 6.18 Å². The molecule has 1 atom stereocenters. The number of nitrogens with zero attached hydrogens (tertiary/aromatic N) is 1. The maximum atomic E-state index is 12.5. The molecule has 3 rings (SSSR count). The van der Waals surface area contributed by atoms with Crippen LogP contribution in [0.5, 0.6) is 0 Å². The monoisotopic (exact) mass is 378 g/mol. The summed E-state index contributed by atoms with van der Waals surface area (Å²) in [6.45, 7) is 0. The zero-order chi connectivity index (χ0) is 19.6. The number of rotatable bonds is 3. The second kappa shape index (κ2) is 7.06. The predicted molar refractivity (Wildman–Crippen MR) is 88.8 cm³/mol.